The first-order chi connectivity index (χ1) is 12.1. The smallest absolute Gasteiger partial charge is 0.268 e. The van der Waals surface area contributed by atoms with E-state index in [2.05, 4.69) is 4.51 Å². The normalized spacial score (nSPS) is 12.7. The number of benzene rings is 1. The molecule has 1 heterocycles. The summed E-state index contributed by atoms with van der Waals surface area (Å²) in [5.74, 6) is 0.276. The van der Waals surface area contributed by atoms with Gasteiger partial charge < -0.3 is 35.2 Å². The van der Waals surface area contributed by atoms with Crippen LogP contribution in [0.1, 0.15) is 16.7 Å². The Bertz CT molecular complexity index is 689. The molecule has 6 N–H and O–H groups in total. The van der Waals surface area contributed by atoms with Gasteiger partial charge >= 0.3 is 0 Å². The van der Waals surface area contributed by atoms with Gasteiger partial charge in [-0.05, 0) is 17.2 Å². The monoisotopic (exact) mass is 411 g/mol. The van der Waals surface area contributed by atoms with Crippen LogP contribution in [-0.2, 0) is 39.6 Å². The molecular formula is C12H20N3O7P3. The molecule has 0 aliphatic rings. The second kappa shape index (κ2) is 9.69. The maximum Gasteiger partial charge on any atom is 0.268 e. The molecule has 13 heteroatoms. The van der Waals surface area contributed by atoms with E-state index >= 15 is 0 Å². The highest BCUT2D eigenvalue weighted by Gasteiger charge is 2.17. The second-order valence-corrected chi connectivity index (χ2v) is 9.89. The maximum absolute atomic E-state index is 9.64. The van der Waals surface area contributed by atoms with E-state index in [4.69, 9.17) is 4.52 Å². The van der Waals surface area contributed by atoms with Crippen LogP contribution in [0, 0.1) is 0 Å². The van der Waals surface area contributed by atoms with Crippen LogP contribution in [0.2, 0.25) is 0 Å². The van der Waals surface area contributed by atoms with Crippen molar-refractivity contribution in [1.29, 1.82) is 0 Å². The summed E-state index contributed by atoms with van der Waals surface area (Å²) < 4.78 is 13.1. The van der Waals surface area contributed by atoms with E-state index in [0.29, 0.717) is 25.2 Å². The van der Waals surface area contributed by atoms with Gasteiger partial charge in [-0.1, -0.05) is 6.07 Å². The first-order valence-electron chi connectivity index (χ1n) is 7.15. The zero-order valence-electron chi connectivity index (χ0n) is 13.2. The van der Waals surface area contributed by atoms with Crippen LogP contribution in [0.3, 0.4) is 0 Å². The number of aliphatic hydroxyl groups excluding tert-OH is 6. The number of hydrogen-bond acceptors (Lipinski definition) is 8. The molecule has 140 valence electrons. The summed E-state index contributed by atoms with van der Waals surface area (Å²) in [6.07, 6.45) is -0.278. The lowest BCUT2D eigenvalue weighted by molar-refractivity contribution is 0.217. The van der Waals surface area contributed by atoms with E-state index in [0.717, 1.165) is 0 Å². The highest BCUT2D eigenvalue weighted by atomic mass is 31.2. The van der Waals surface area contributed by atoms with Gasteiger partial charge in [-0.15, -0.1) is 4.51 Å². The number of nitrogens with zero attached hydrogens (tertiary/aromatic N) is 3. The summed E-state index contributed by atoms with van der Waals surface area (Å²) in [4.78, 5) is 0. The van der Waals surface area contributed by atoms with Crippen LogP contribution in [0.25, 0.3) is 0 Å². The number of aliphatic hydroxyl groups is 6. The van der Waals surface area contributed by atoms with Crippen LogP contribution < -0.4 is 4.52 Å². The first-order valence-corrected chi connectivity index (χ1v) is 10.6. The molecule has 0 radical (unpaired) electrons. The van der Waals surface area contributed by atoms with Crippen molar-refractivity contribution < 1.29 is 35.2 Å². The van der Waals surface area contributed by atoms with Gasteiger partial charge in [0, 0.05) is 5.56 Å². The number of rotatable bonds is 8. The van der Waals surface area contributed by atoms with Crippen molar-refractivity contribution in [2.75, 3.05) is 0 Å². The molecule has 0 fully saturated rings. The van der Waals surface area contributed by atoms with E-state index in [1.165, 1.54) is 8.18 Å². The minimum absolute atomic E-state index is 0.276. The molecule has 1 aromatic heterocycles. The summed E-state index contributed by atoms with van der Waals surface area (Å²) in [7, 11) is -2.67. The lowest BCUT2D eigenvalue weighted by Gasteiger charge is -2.20. The third-order valence-corrected chi connectivity index (χ3v) is 9.14. The molecule has 2 rings (SSSR count). The molecule has 10 nitrogen and oxygen atoms in total. The van der Waals surface area contributed by atoms with E-state index in [9.17, 15) is 30.6 Å². The van der Waals surface area contributed by atoms with Gasteiger partial charge in [-0.2, -0.15) is 0 Å². The SMILES string of the molecule is OCc1ccc(Op2npn(CO)p(CO)n2CO)c(CO)c1CO. The Morgan fingerprint density at radius 2 is 1.68 bits per heavy atom. The highest BCUT2D eigenvalue weighted by Crippen LogP contribution is 2.41. The average molecular weight is 411 g/mol. The van der Waals surface area contributed by atoms with E-state index < -0.39 is 29.3 Å². The topological polar surface area (TPSA) is 153 Å². The van der Waals surface area contributed by atoms with Gasteiger partial charge in [-0.25, -0.2) is 4.09 Å². The molecule has 2 atom stereocenters. The summed E-state index contributed by atoms with van der Waals surface area (Å²) in [6, 6.07) is 3.13. The van der Waals surface area contributed by atoms with E-state index in [1.807, 2.05) is 0 Å². The molecule has 2 unspecified atom stereocenters. The molecule has 2 aromatic rings. The summed E-state index contributed by atoms with van der Waals surface area (Å²) in [5, 5.41) is 57.0. The van der Waals surface area contributed by atoms with Gasteiger partial charge in [0.15, 0.2) is 0 Å². The fourth-order valence-corrected chi connectivity index (χ4v) is 7.76. The molecule has 0 spiro atoms. The number of aromatic nitrogens is 3. The van der Waals surface area contributed by atoms with Crippen molar-refractivity contribution in [2.45, 2.75) is 39.6 Å². The van der Waals surface area contributed by atoms with E-state index in [1.54, 1.807) is 12.1 Å². The minimum Gasteiger partial charge on any atom is -0.416 e. The van der Waals surface area contributed by atoms with Gasteiger partial charge in [-0.3, -0.25) is 4.09 Å². The standard InChI is InChI=1S/C12H20N3O7P3/c16-3-9-1-2-12(11(5-18)10(9)4-17)22-25-13-23-14(6-19)24(8-21)15(25)7-20/h1-2,16-21H,3-8H2. The summed E-state index contributed by atoms with van der Waals surface area (Å²) in [6.45, 7) is -1.81. The predicted octanol–water partition coefficient (Wildman–Crippen LogP) is 0.531. The first kappa shape index (κ1) is 20.4. The van der Waals surface area contributed by atoms with Crippen molar-refractivity contribution in [3.63, 3.8) is 0 Å². The van der Waals surface area contributed by atoms with Crippen molar-refractivity contribution >= 4 is 24.4 Å². The molecule has 0 aliphatic carbocycles. The van der Waals surface area contributed by atoms with Crippen LogP contribution in [0.5, 0.6) is 5.75 Å². The van der Waals surface area contributed by atoms with Crippen LogP contribution in [0.4, 0.5) is 0 Å². The lowest BCUT2D eigenvalue weighted by atomic mass is 10.0. The van der Waals surface area contributed by atoms with Gasteiger partial charge in [0.25, 0.3) is 8.08 Å². The lowest BCUT2D eigenvalue weighted by Crippen LogP contribution is -2.07. The quantitative estimate of drug-likeness (QED) is 0.368. The minimum atomic E-state index is -1.69. The third kappa shape index (κ3) is 4.26. The molecule has 0 amide bonds. The Morgan fingerprint density at radius 3 is 2.20 bits per heavy atom. The van der Waals surface area contributed by atoms with Crippen molar-refractivity contribution in [3.8, 4) is 5.75 Å². The Hall–Kier alpha value is -0.920. The summed E-state index contributed by atoms with van der Waals surface area (Å²) >= 11 is 0. The van der Waals surface area contributed by atoms with Crippen LogP contribution >= 0.6 is 24.4 Å². The van der Waals surface area contributed by atoms with Crippen LogP contribution in [0.15, 0.2) is 12.1 Å². The molecule has 0 saturated heterocycles. The molecule has 25 heavy (non-hydrogen) atoms. The predicted molar refractivity (Wildman–Crippen MR) is 92.7 cm³/mol. The average Bonchev–Trinajstić information content (AvgIpc) is 2.66. The van der Waals surface area contributed by atoms with Gasteiger partial charge in [0.05, 0.1) is 27.7 Å². The molecular weight excluding hydrogens is 391 g/mol. The van der Waals surface area contributed by atoms with Gasteiger partial charge in [0.2, 0.25) is 0 Å². The van der Waals surface area contributed by atoms with Crippen molar-refractivity contribution in [1.82, 2.24) is 12.7 Å². The van der Waals surface area contributed by atoms with Crippen molar-refractivity contribution in [3.05, 3.63) is 28.8 Å². The third-order valence-electron chi connectivity index (χ3n) is 3.48. The Kier molecular flexibility index (Phi) is 7.90. The van der Waals surface area contributed by atoms with Crippen molar-refractivity contribution in [2.24, 2.45) is 0 Å². The van der Waals surface area contributed by atoms with Gasteiger partial charge in [0.1, 0.15) is 34.1 Å². The van der Waals surface area contributed by atoms with E-state index in [-0.39, 0.29) is 32.0 Å². The molecule has 1 aromatic carbocycles. The second-order valence-electron chi connectivity index (χ2n) is 4.72. The Morgan fingerprint density at radius 1 is 0.960 bits per heavy atom. The fourth-order valence-electron chi connectivity index (χ4n) is 2.23. The fraction of sp³-hybridized carbons (Fsp3) is 0.500. The Balaban J connectivity index is 2.53. The Labute approximate surface area is 147 Å². The van der Waals surface area contributed by atoms with Crippen LogP contribution in [-0.4, -0.2) is 43.3 Å². The zero-order chi connectivity index (χ0) is 18.4. The molecule has 0 bridgehead atoms. The maximum atomic E-state index is 9.64. The zero-order valence-corrected chi connectivity index (χ0v) is 15.9. The number of hydrogen-bond donors (Lipinski definition) is 6. The largest absolute Gasteiger partial charge is 0.416 e. The highest BCUT2D eigenvalue weighted by molar-refractivity contribution is 7.57. The summed E-state index contributed by atoms with van der Waals surface area (Å²) in [5.41, 5.74) is 1.19. The molecule has 0 saturated carbocycles. The molecule has 0 aliphatic heterocycles.